The van der Waals surface area contributed by atoms with Crippen LogP contribution in [-0.4, -0.2) is 63.1 Å². The molecule has 0 unspecified atom stereocenters. The lowest BCUT2D eigenvalue weighted by Crippen LogP contribution is -2.41. The molecule has 0 heterocycles. The Bertz CT molecular complexity index is 785. The summed E-state index contributed by atoms with van der Waals surface area (Å²) >= 11 is 0. The average molecular weight is 451 g/mol. The molecule has 9 heteroatoms. The van der Waals surface area contributed by atoms with Crippen molar-refractivity contribution in [2.45, 2.75) is 74.7 Å². The Morgan fingerprint density at radius 2 is 1.53 bits per heavy atom. The zero-order chi connectivity index (χ0) is 22.7. The summed E-state index contributed by atoms with van der Waals surface area (Å²) in [6.45, 7) is 4.98. The number of nitrogens with zero attached hydrogens (tertiary/aromatic N) is 2. The molecule has 0 amide bonds. The molecule has 1 aliphatic rings. The Morgan fingerprint density at radius 3 is 2.00 bits per heavy atom. The highest BCUT2D eigenvalue weighted by Crippen LogP contribution is 2.32. The van der Waals surface area contributed by atoms with E-state index in [9.17, 15) is 21.6 Å². The third kappa shape index (κ3) is 6.18. The van der Waals surface area contributed by atoms with Gasteiger partial charge in [-0.05, 0) is 84.3 Å². The Hall–Kier alpha value is -1.16. The van der Waals surface area contributed by atoms with Crippen LogP contribution in [0.4, 0.5) is 13.2 Å². The molecule has 0 radical (unpaired) electrons. The lowest BCUT2D eigenvalue weighted by molar-refractivity contribution is -0.137. The van der Waals surface area contributed by atoms with E-state index in [1.54, 1.807) is 0 Å². The van der Waals surface area contributed by atoms with Gasteiger partial charge < -0.3 is 9.64 Å². The molecule has 1 saturated carbocycles. The first-order valence-electron chi connectivity index (χ1n) is 10.2. The van der Waals surface area contributed by atoms with Gasteiger partial charge in [0.2, 0.25) is 10.0 Å². The van der Waals surface area contributed by atoms with Crippen molar-refractivity contribution in [2.24, 2.45) is 0 Å². The van der Waals surface area contributed by atoms with Gasteiger partial charge >= 0.3 is 6.18 Å². The third-order valence-corrected chi connectivity index (χ3v) is 8.22. The summed E-state index contributed by atoms with van der Waals surface area (Å²) in [5, 5.41) is 0. The summed E-state index contributed by atoms with van der Waals surface area (Å²) in [6, 6.07) is 3.48. The van der Waals surface area contributed by atoms with E-state index in [0.29, 0.717) is 19.4 Å². The smallest absolute Gasteiger partial charge is 0.378 e. The van der Waals surface area contributed by atoms with Crippen LogP contribution < -0.4 is 0 Å². The van der Waals surface area contributed by atoms with Crippen LogP contribution in [0.1, 0.15) is 51.5 Å². The highest BCUT2D eigenvalue weighted by atomic mass is 32.2. The van der Waals surface area contributed by atoms with E-state index in [0.717, 1.165) is 43.5 Å². The maximum Gasteiger partial charge on any atom is 0.416 e. The SMILES string of the molecule is CN(C)C(C)(C)CCO[C@H]1CC[C@H](N(C)S(=O)(=O)c2ccc(C(F)(F)F)cc2)CC1. The zero-order valence-electron chi connectivity index (χ0n) is 18.4. The second-order valence-electron chi connectivity index (χ2n) is 8.80. The van der Waals surface area contributed by atoms with Crippen LogP contribution in [0.3, 0.4) is 0 Å². The number of sulfonamides is 1. The number of alkyl halides is 3. The molecule has 0 atom stereocenters. The van der Waals surface area contributed by atoms with Crippen LogP contribution in [0.5, 0.6) is 0 Å². The van der Waals surface area contributed by atoms with Gasteiger partial charge in [-0.1, -0.05) is 0 Å². The van der Waals surface area contributed by atoms with Crippen molar-refractivity contribution >= 4 is 10.0 Å². The number of benzene rings is 1. The second kappa shape index (κ2) is 9.54. The quantitative estimate of drug-likeness (QED) is 0.590. The van der Waals surface area contributed by atoms with Crippen LogP contribution in [0.15, 0.2) is 29.2 Å². The Morgan fingerprint density at radius 1 is 1.00 bits per heavy atom. The van der Waals surface area contributed by atoms with Gasteiger partial charge in [-0.25, -0.2) is 8.42 Å². The van der Waals surface area contributed by atoms with E-state index >= 15 is 0 Å². The van der Waals surface area contributed by atoms with Crippen molar-refractivity contribution in [2.75, 3.05) is 27.7 Å². The monoisotopic (exact) mass is 450 g/mol. The molecule has 0 aromatic heterocycles. The largest absolute Gasteiger partial charge is 0.416 e. The molecule has 0 spiro atoms. The topological polar surface area (TPSA) is 49.9 Å². The van der Waals surface area contributed by atoms with E-state index in [1.165, 1.54) is 11.4 Å². The van der Waals surface area contributed by atoms with Gasteiger partial charge in [0, 0.05) is 25.2 Å². The minimum atomic E-state index is -4.49. The van der Waals surface area contributed by atoms with Gasteiger partial charge in [-0.3, -0.25) is 0 Å². The summed E-state index contributed by atoms with van der Waals surface area (Å²) < 4.78 is 71.1. The molecule has 2 rings (SSSR count). The predicted octanol–water partition coefficient (Wildman–Crippen LogP) is 4.38. The first-order chi connectivity index (χ1) is 13.7. The molecule has 0 saturated heterocycles. The Kier molecular flexibility index (Phi) is 7.99. The van der Waals surface area contributed by atoms with Gasteiger partial charge in [0.25, 0.3) is 0 Å². The molecular weight excluding hydrogens is 417 g/mol. The minimum absolute atomic E-state index is 0.0488. The molecule has 0 aliphatic heterocycles. The lowest BCUT2D eigenvalue weighted by atomic mass is 9.93. The van der Waals surface area contributed by atoms with Crippen LogP contribution in [0.2, 0.25) is 0 Å². The number of rotatable bonds is 8. The zero-order valence-corrected chi connectivity index (χ0v) is 19.2. The van der Waals surface area contributed by atoms with Crippen molar-refractivity contribution in [3.8, 4) is 0 Å². The maximum atomic E-state index is 12.8. The fourth-order valence-corrected chi connectivity index (χ4v) is 4.87. The second-order valence-corrected chi connectivity index (χ2v) is 10.8. The predicted molar refractivity (Wildman–Crippen MR) is 111 cm³/mol. The van der Waals surface area contributed by atoms with E-state index in [2.05, 4.69) is 18.7 Å². The van der Waals surface area contributed by atoms with Crippen LogP contribution >= 0.6 is 0 Å². The highest BCUT2D eigenvalue weighted by Gasteiger charge is 2.34. The molecule has 1 aliphatic carbocycles. The molecule has 172 valence electrons. The molecule has 30 heavy (non-hydrogen) atoms. The van der Waals surface area contributed by atoms with Gasteiger partial charge in [0.05, 0.1) is 16.6 Å². The summed E-state index contributed by atoms with van der Waals surface area (Å²) in [5.41, 5.74) is -0.813. The molecule has 0 N–H and O–H groups in total. The van der Waals surface area contributed by atoms with Crippen LogP contribution in [0.25, 0.3) is 0 Å². The number of hydrogen-bond acceptors (Lipinski definition) is 4. The molecule has 1 aromatic rings. The fourth-order valence-electron chi connectivity index (χ4n) is 3.45. The molecule has 1 fully saturated rings. The van der Waals surface area contributed by atoms with E-state index in [1.807, 2.05) is 14.1 Å². The van der Waals surface area contributed by atoms with Crippen molar-refractivity contribution in [3.63, 3.8) is 0 Å². The normalized spacial score (nSPS) is 21.4. The fraction of sp³-hybridized carbons (Fsp3) is 0.714. The summed E-state index contributed by atoms with van der Waals surface area (Å²) in [6.07, 6.45) is -0.617. The summed E-state index contributed by atoms with van der Waals surface area (Å²) in [7, 11) is 1.73. The van der Waals surface area contributed by atoms with Crippen LogP contribution in [-0.2, 0) is 20.9 Å². The summed E-state index contributed by atoms with van der Waals surface area (Å²) in [5.74, 6) is 0. The Labute approximate surface area is 178 Å². The average Bonchev–Trinajstić information content (AvgIpc) is 2.67. The first kappa shape index (κ1) is 25.1. The number of hydrogen-bond donors (Lipinski definition) is 0. The molecule has 0 bridgehead atoms. The standard InChI is InChI=1S/C21H33F3N2O3S/c1-20(2,25(3)4)14-15-29-18-10-8-17(9-11-18)26(5)30(27,28)19-12-6-16(7-13-19)21(22,23)24/h6-7,12-13,17-18H,8-11,14-15H2,1-5H3/t17-,18-. The van der Waals surface area contributed by atoms with Gasteiger partial charge in [0.15, 0.2) is 0 Å². The summed E-state index contributed by atoms with van der Waals surface area (Å²) in [4.78, 5) is 2.04. The molecular formula is C21H33F3N2O3S. The van der Waals surface area contributed by atoms with E-state index in [4.69, 9.17) is 4.74 Å². The Balaban J connectivity index is 1.90. The van der Waals surface area contributed by atoms with Gasteiger partial charge in [-0.15, -0.1) is 0 Å². The third-order valence-electron chi connectivity index (χ3n) is 6.29. The van der Waals surface area contributed by atoms with Crippen molar-refractivity contribution in [1.82, 2.24) is 9.21 Å². The van der Waals surface area contributed by atoms with E-state index < -0.39 is 21.8 Å². The molecule has 1 aromatic carbocycles. The van der Waals surface area contributed by atoms with Gasteiger partial charge in [-0.2, -0.15) is 17.5 Å². The van der Waals surface area contributed by atoms with Crippen LogP contribution in [0, 0.1) is 0 Å². The maximum absolute atomic E-state index is 12.8. The lowest BCUT2D eigenvalue weighted by Gasteiger charge is -2.35. The van der Waals surface area contributed by atoms with E-state index in [-0.39, 0.29) is 22.6 Å². The number of halogens is 3. The van der Waals surface area contributed by atoms with Crippen molar-refractivity contribution in [3.05, 3.63) is 29.8 Å². The molecule has 5 nitrogen and oxygen atoms in total. The minimum Gasteiger partial charge on any atom is -0.378 e. The first-order valence-corrected chi connectivity index (χ1v) is 11.6. The van der Waals surface area contributed by atoms with Crippen molar-refractivity contribution in [1.29, 1.82) is 0 Å². The van der Waals surface area contributed by atoms with Crippen molar-refractivity contribution < 1.29 is 26.3 Å². The highest BCUT2D eigenvalue weighted by molar-refractivity contribution is 7.89. The number of ether oxygens (including phenoxy) is 1. The van der Waals surface area contributed by atoms with Gasteiger partial charge in [0.1, 0.15) is 0 Å².